The van der Waals surface area contributed by atoms with Gasteiger partial charge in [0.1, 0.15) is 0 Å². The number of nitrogens with one attached hydrogen (secondary N) is 1. The molecule has 1 fully saturated rings. The van der Waals surface area contributed by atoms with Crippen LogP contribution in [0.2, 0.25) is 0 Å². The van der Waals surface area contributed by atoms with E-state index in [1.807, 2.05) is 30.3 Å². The third-order valence-corrected chi connectivity index (χ3v) is 5.69. The zero-order valence-electron chi connectivity index (χ0n) is 14.9. The van der Waals surface area contributed by atoms with Gasteiger partial charge in [0.05, 0.1) is 11.6 Å². The van der Waals surface area contributed by atoms with Gasteiger partial charge in [0.15, 0.2) is 5.13 Å². The second-order valence-corrected chi connectivity index (χ2v) is 7.41. The van der Waals surface area contributed by atoms with Crippen molar-refractivity contribution in [2.75, 3.05) is 18.4 Å². The van der Waals surface area contributed by atoms with Gasteiger partial charge in [-0.1, -0.05) is 43.8 Å². The van der Waals surface area contributed by atoms with Crippen LogP contribution in [0.4, 0.5) is 5.13 Å². The summed E-state index contributed by atoms with van der Waals surface area (Å²) in [6, 6.07) is 10.0. The Morgan fingerprint density at radius 3 is 2.85 bits per heavy atom. The topological polar surface area (TPSA) is 62.3 Å². The number of anilines is 1. The van der Waals surface area contributed by atoms with E-state index in [2.05, 4.69) is 23.8 Å². The Hall–Kier alpha value is -2.47. The molecule has 1 aliphatic rings. The van der Waals surface area contributed by atoms with Crippen LogP contribution in [0, 0.1) is 5.92 Å². The number of carbonyl (C=O) groups is 2. The first-order valence-electron chi connectivity index (χ1n) is 8.89. The first-order chi connectivity index (χ1) is 12.6. The van der Waals surface area contributed by atoms with Gasteiger partial charge in [-0.15, -0.1) is 11.3 Å². The van der Waals surface area contributed by atoms with Crippen molar-refractivity contribution < 1.29 is 9.59 Å². The molecule has 5 nitrogen and oxygen atoms in total. The van der Waals surface area contributed by atoms with E-state index in [4.69, 9.17) is 0 Å². The summed E-state index contributed by atoms with van der Waals surface area (Å²) in [5.74, 6) is -0.388. The Morgan fingerprint density at radius 2 is 2.15 bits per heavy atom. The van der Waals surface area contributed by atoms with Crippen LogP contribution in [-0.4, -0.2) is 34.8 Å². The molecule has 0 radical (unpaired) electrons. The van der Waals surface area contributed by atoms with Crippen LogP contribution in [0.15, 0.2) is 43.0 Å². The van der Waals surface area contributed by atoms with Crippen LogP contribution in [-0.2, 0) is 16.0 Å². The number of likely N-dealkylation sites (tertiary alicyclic amines) is 1. The quantitative estimate of drug-likeness (QED) is 0.817. The number of carbonyl (C=O) groups excluding carboxylic acids is 2. The molecule has 26 heavy (non-hydrogen) atoms. The number of rotatable bonds is 5. The van der Waals surface area contributed by atoms with E-state index in [0.29, 0.717) is 18.2 Å². The molecule has 1 aromatic heterocycles. The van der Waals surface area contributed by atoms with Crippen molar-refractivity contribution in [1.29, 1.82) is 0 Å². The predicted molar refractivity (Wildman–Crippen MR) is 105 cm³/mol. The highest BCUT2D eigenvalue weighted by Crippen LogP contribution is 2.32. The monoisotopic (exact) mass is 369 g/mol. The van der Waals surface area contributed by atoms with Crippen molar-refractivity contribution in [2.45, 2.75) is 26.2 Å². The van der Waals surface area contributed by atoms with Crippen molar-refractivity contribution in [3.63, 3.8) is 0 Å². The molecule has 136 valence electrons. The molecule has 2 heterocycles. The van der Waals surface area contributed by atoms with E-state index in [0.717, 1.165) is 35.4 Å². The summed E-state index contributed by atoms with van der Waals surface area (Å²) in [4.78, 5) is 32.0. The van der Waals surface area contributed by atoms with Crippen LogP contribution >= 0.6 is 11.3 Å². The van der Waals surface area contributed by atoms with Crippen molar-refractivity contribution in [3.8, 4) is 11.3 Å². The maximum atomic E-state index is 12.7. The van der Waals surface area contributed by atoms with Crippen molar-refractivity contribution in [2.24, 2.45) is 5.92 Å². The lowest BCUT2D eigenvalue weighted by Crippen LogP contribution is -2.43. The third-order valence-electron chi connectivity index (χ3n) is 4.57. The first kappa shape index (κ1) is 18.3. The second kappa shape index (κ2) is 8.27. The first-order valence-corrected chi connectivity index (χ1v) is 9.71. The molecule has 2 amide bonds. The summed E-state index contributed by atoms with van der Waals surface area (Å²) in [5, 5.41) is 3.58. The highest BCUT2D eigenvalue weighted by atomic mass is 32.1. The Kier molecular flexibility index (Phi) is 5.83. The van der Waals surface area contributed by atoms with Gasteiger partial charge in [0.25, 0.3) is 0 Å². The van der Waals surface area contributed by atoms with Gasteiger partial charge in [0, 0.05) is 23.5 Å². The maximum absolute atomic E-state index is 12.7. The minimum absolute atomic E-state index is 0.0671. The average molecular weight is 369 g/mol. The van der Waals surface area contributed by atoms with Gasteiger partial charge in [-0.2, -0.15) is 0 Å². The van der Waals surface area contributed by atoms with E-state index in [1.165, 1.54) is 17.4 Å². The molecule has 1 aromatic carbocycles. The number of benzene rings is 1. The van der Waals surface area contributed by atoms with E-state index >= 15 is 0 Å². The molecule has 3 rings (SSSR count). The number of thiazole rings is 1. The van der Waals surface area contributed by atoms with Crippen LogP contribution in [0.3, 0.4) is 0 Å². The molecule has 1 aliphatic heterocycles. The van der Waals surface area contributed by atoms with Crippen molar-refractivity contribution in [1.82, 2.24) is 9.88 Å². The predicted octanol–water partition coefficient (Wildman–Crippen LogP) is 3.74. The van der Waals surface area contributed by atoms with Gasteiger partial charge in [-0.3, -0.25) is 9.59 Å². The number of aryl methyl sites for hydroxylation is 1. The molecule has 1 unspecified atom stereocenters. The lowest BCUT2D eigenvalue weighted by Gasteiger charge is -2.31. The number of hydrogen-bond donors (Lipinski definition) is 1. The normalized spacial score (nSPS) is 17.0. The van der Waals surface area contributed by atoms with Gasteiger partial charge < -0.3 is 10.2 Å². The fraction of sp³-hybridized carbons (Fsp3) is 0.350. The van der Waals surface area contributed by atoms with Crippen molar-refractivity contribution >= 4 is 28.3 Å². The minimum atomic E-state index is -0.207. The van der Waals surface area contributed by atoms with E-state index < -0.39 is 0 Å². The molecule has 1 saturated heterocycles. The lowest BCUT2D eigenvalue weighted by molar-refractivity contribution is -0.130. The number of aromatic nitrogens is 1. The van der Waals surface area contributed by atoms with E-state index in [1.54, 1.807) is 4.90 Å². The summed E-state index contributed by atoms with van der Waals surface area (Å²) in [5.41, 5.74) is 1.99. The number of amides is 2. The van der Waals surface area contributed by atoms with E-state index in [9.17, 15) is 9.59 Å². The molecule has 0 aliphatic carbocycles. The third kappa shape index (κ3) is 4.02. The number of piperidine rings is 1. The highest BCUT2D eigenvalue weighted by molar-refractivity contribution is 7.16. The largest absolute Gasteiger partial charge is 0.338 e. The van der Waals surface area contributed by atoms with Crippen LogP contribution in [0.1, 0.15) is 24.6 Å². The molecule has 1 N–H and O–H groups in total. The van der Waals surface area contributed by atoms with Crippen LogP contribution < -0.4 is 5.32 Å². The number of nitrogens with zero attached hydrogens (tertiary/aromatic N) is 2. The van der Waals surface area contributed by atoms with Gasteiger partial charge in [-0.05, 0) is 25.3 Å². The van der Waals surface area contributed by atoms with Gasteiger partial charge in [0.2, 0.25) is 11.8 Å². The Balaban J connectivity index is 1.72. The summed E-state index contributed by atoms with van der Waals surface area (Å²) in [7, 11) is 0. The number of hydrogen-bond acceptors (Lipinski definition) is 4. The highest BCUT2D eigenvalue weighted by Gasteiger charge is 2.28. The molecular formula is C20H23N3O2S. The zero-order chi connectivity index (χ0) is 18.5. The van der Waals surface area contributed by atoms with Crippen LogP contribution in [0.25, 0.3) is 11.3 Å². The molecule has 0 saturated carbocycles. The van der Waals surface area contributed by atoms with Crippen LogP contribution in [0.5, 0.6) is 0 Å². The van der Waals surface area contributed by atoms with Gasteiger partial charge in [-0.25, -0.2) is 4.98 Å². The Bertz CT molecular complexity index is 801. The minimum Gasteiger partial charge on any atom is -0.338 e. The molecule has 0 spiro atoms. The average Bonchev–Trinajstić information content (AvgIpc) is 3.11. The second-order valence-electron chi connectivity index (χ2n) is 6.33. The zero-order valence-corrected chi connectivity index (χ0v) is 15.7. The molecule has 6 heteroatoms. The maximum Gasteiger partial charge on any atom is 0.245 e. The summed E-state index contributed by atoms with van der Waals surface area (Å²) in [6.45, 7) is 6.74. The van der Waals surface area contributed by atoms with E-state index in [-0.39, 0.29) is 17.7 Å². The molecule has 1 atom stereocenters. The summed E-state index contributed by atoms with van der Waals surface area (Å²) >= 11 is 1.52. The fourth-order valence-corrected chi connectivity index (χ4v) is 4.12. The summed E-state index contributed by atoms with van der Waals surface area (Å²) in [6.07, 6.45) is 3.78. The molecular weight excluding hydrogens is 346 g/mol. The standard InChI is InChI=1S/C20H23N3O2S/c1-3-16-18(14-9-6-5-7-10-14)21-20(26-16)22-19(25)15-11-8-12-23(13-15)17(24)4-2/h4-7,9-10,15H,2-3,8,11-13H2,1H3,(H,21,22,25). The smallest absolute Gasteiger partial charge is 0.245 e. The lowest BCUT2D eigenvalue weighted by atomic mass is 9.97. The molecule has 0 bridgehead atoms. The Labute approximate surface area is 157 Å². The van der Waals surface area contributed by atoms with Crippen molar-refractivity contribution in [3.05, 3.63) is 47.9 Å². The van der Waals surface area contributed by atoms with Gasteiger partial charge >= 0.3 is 0 Å². The summed E-state index contributed by atoms with van der Waals surface area (Å²) < 4.78 is 0. The fourth-order valence-electron chi connectivity index (χ4n) is 3.19. The Morgan fingerprint density at radius 1 is 1.38 bits per heavy atom. The molecule has 2 aromatic rings. The SMILES string of the molecule is C=CC(=O)N1CCCC(C(=O)Nc2nc(-c3ccccc3)c(CC)s2)C1.